The molecule has 0 aliphatic rings. The Hall–Kier alpha value is -0.480. The fourth-order valence-electron chi connectivity index (χ4n) is 1.31. The van der Waals surface area contributed by atoms with Crippen molar-refractivity contribution in [2.75, 3.05) is 26.8 Å². The minimum absolute atomic E-state index is 0.0165. The van der Waals surface area contributed by atoms with Gasteiger partial charge in [-0.25, -0.2) is 0 Å². The molecule has 96 valence electrons. The van der Waals surface area contributed by atoms with Crippen LogP contribution in [0.1, 0.15) is 6.92 Å². The van der Waals surface area contributed by atoms with Gasteiger partial charge < -0.3 is 14.8 Å². The minimum Gasteiger partial charge on any atom is -0.488 e. The van der Waals surface area contributed by atoms with Gasteiger partial charge in [0.1, 0.15) is 16.9 Å². The van der Waals surface area contributed by atoms with E-state index in [1.807, 2.05) is 13.0 Å². The predicted octanol–water partition coefficient (Wildman–Crippen LogP) is 3.00. The molecule has 0 fully saturated rings. The molecule has 0 spiro atoms. The molecular weight excluding hydrogens is 261 g/mol. The third kappa shape index (κ3) is 5.13. The summed E-state index contributed by atoms with van der Waals surface area (Å²) in [5.41, 5.74) is 0. The van der Waals surface area contributed by atoms with E-state index in [0.29, 0.717) is 22.4 Å². The number of ether oxygens (including phenoxy) is 2. The van der Waals surface area contributed by atoms with Gasteiger partial charge in [0.25, 0.3) is 0 Å². The second-order valence-electron chi connectivity index (χ2n) is 3.68. The molecule has 1 atom stereocenters. The average molecular weight is 278 g/mol. The second-order valence-corrected chi connectivity index (χ2v) is 4.46. The molecule has 0 aliphatic carbocycles. The van der Waals surface area contributed by atoms with Crippen molar-refractivity contribution in [2.45, 2.75) is 13.0 Å². The normalized spacial score (nSPS) is 12.5. The highest BCUT2D eigenvalue weighted by Gasteiger charge is 2.09. The van der Waals surface area contributed by atoms with Crippen LogP contribution in [0.2, 0.25) is 10.0 Å². The summed E-state index contributed by atoms with van der Waals surface area (Å²) in [6.45, 7) is 4.18. The molecule has 0 amide bonds. The minimum atomic E-state index is 0.0165. The molecule has 0 aliphatic heterocycles. The van der Waals surface area contributed by atoms with Gasteiger partial charge in [0.15, 0.2) is 0 Å². The monoisotopic (exact) mass is 277 g/mol. The highest BCUT2D eigenvalue weighted by molar-refractivity contribution is 6.42. The average Bonchev–Trinajstić information content (AvgIpc) is 2.31. The molecule has 0 aromatic heterocycles. The quantitative estimate of drug-likeness (QED) is 0.778. The lowest BCUT2D eigenvalue weighted by molar-refractivity contribution is 0.184. The van der Waals surface area contributed by atoms with E-state index in [1.54, 1.807) is 19.2 Å². The molecule has 1 N–H and O–H groups in total. The first-order chi connectivity index (χ1) is 8.15. The first kappa shape index (κ1) is 14.6. The Morgan fingerprint density at radius 1 is 1.35 bits per heavy atom. The van der Waals surface area contributed by atoms with Crippen LogP contribution in [0.4, 0.5) is 0 Å². The van der Waals surface area contributed by atoms with E-state index in [0.717, 1.165) is 13.1 Å². The number of hydrogen-bond acceptors (Lipinski definition) is 3. The van der Waals surface area contributed by atoms with Gasteiger partial charge in [0, 0.05) is 20.2 Å². The van der Waals surface area contributed by atoms with Gasteiger partial charge in [-0.1, -0.05) is 29.3 Å². The molecule has 1 rings (SSSR count). The number of nitrogens with one attached hydrogen (secondary N) is 1. The Balaban J connectivity index is 2.39. The zero-order valence-electron chi connectivity index (χ0n) is 10.0. The lowest BCUT2D eigenvalue weighted by Crippen LogP contribution is -2.31. The van der Waals surface area contributed by atoms with Crippen molar-refractivity contribution in [3.8, 4) is 5.75 Å². The van der Waals surface area contributed by atoms with Crippen molar-refractivity contribution in [1.82, 2.24) is 5.32 Å². The maximum atomic E-state index is 6.02. The Labute approximate surface area is 112 Å². The van der Waals surface area contributed by atoms with E-state index in [-0.39, 0.29) is 6.10 Å². The van der Waals surface area contributed by atoms with Crippen LogP contribution < -0.4 is 10.1 Å². The van der Waals surface area contributed by atoms with Gasteiger partial charge in [-0.2, -0.15) is 0 Å². The van der Waals surface area contributed by atoms with Crippen LogP contribution in [0.25, 0.3) is 0 Å². The van der Waals surface area contributed by atoms with Crippen LogP contribution in [-0.2, 0) is 4.74 Å². The molecule has 1 aromatic carbocycles. The van der Waals surface area contributed by atoms with Crippen molar-refractivity contribution in [2.24, 2.45) is 0 Å². The summed E-state index contributed by atoms with van der Waals surface area (Å²) in [6, 6.07) is 5.35. The van der Waals surface area contributed by atoms with E-state index in [2.05, 4.69) is 5.32 Å². The van der Waals surface area contributed by atoms with Crippen molar-refractivity contribution >= 4 is 23.2 Å². The molecule has 17 heavy (non-hydrogen) atoms. The van der Waals surface area contributed by atoms with Crippen LogP contribution in [0.15, 0.2) is 18.2 Å². The Morgan fingerprint density at radius 2 is 2.12 bits per heavy atom. The summed E-state index contributed by atoms with van der Waals surface area (Å²) in [5.74, 6) is 0.611. The van der Waals surface area contributed by atoms with E-state index >= 15 is 0 Å². The highest BCUT2D eigenvalue weighted by atomic mass is 35.5. The molecule has 5 heteroatoms. The van der Waals surface area contributed by atoms with Gasteiger partial charge in [0.05, 0.1) is 11.6 Å². The van der Waals surface area contributed by atoms with Crippen molar-refractivity contribution in [1.29, 1.82) is 0 Å². The van der Waals surface area contributed by atoms with Crippen molar-refractivity contribution < 1.29 is 9.47 Å². The molecule has 0 heterocycles. The molecule has 3 nitrogen and oxygen atoms in total. The van der Waals surface area contributed by atoms with E-state index in [4.69, 9.17) is 32.7 Å². The van der Waals surface area contributed by atoms with Crippen LogP contribution in [0.5, 0.6) is 5.75 Å². The predicted molar refractivity (Wildman–Crippen MR) is 71.3 cm³/mol. The Bertz CT molecular complexity index is 347. The summed E-state index contributed by atoms with van der Waals surface area (Å²) in [4.78, 5) is 0. The second kappa shape index (κ2) is 7.77. The summed E-state index contributed by atoms with van der Waals surface area (Å²) >= 11 is 11.9. The number of methoxy groups -OCH3 is 1. The van der Waals surface area contributed by atoms with E-state index < -0.39 is 0 Å². The van der Waals surface area contributed by atoms with Crippen LogP contribution in [0.3, 0.4) is 0 Å². The molecular formula is C12H17Cl2NO2. The number of hydrogen-bond donors (Lipinski definition) is 1. The van der Waals surface area contributed by atoms with Gasteiger partial charge in [0.2, 0.25) is 0 Å². The molecule has 0 radical (unpaired) electrons. The van der Waals surface area contributed by atoms with Crippen molar-refractivity contribution in [3.05, 3.63) is 28.2 Å². The topological polar surface area (TPSA) is 30.5 Å². The van der Waals surface area contributed by atoms with E-state index in [1.165, 1.54) is 0 Å². The third-order valence-corrected chi connectivity index (χ3v) is 2.96. The zero-order chi connectivity index (χ0) is 12.7. The maximum absolute atomic E-state index is 6.02. The first-order valence-electron chi connectivity index (χ1n) is 5.45. The smallest absolute Gasteiger partial charge is 0.139 e. The van der Waals surface area contributed by atoms with E-state index in [9.17, 15) is 0 Å². The standard InChI is InChI=1S/C12H17Cl2NO2/c1-9(8-15-6-7-16-2)17-11-5-3-4-10(13)12(11)14/h3-5,9,15H,6-8H2,1-2H3. The van der Waals surface area contributed by atoms with Gasteiger partial charge in [-0.3, -0.25) is 0 Å². The third-order valence-electron chi connectivity index (χ3n) is 2.16. The zero-order valence-corrected chi connectivity index (χ0v) is 11.5. The summed E-state index contributed by atoms with van der Waals surface area (Å²) < 4.78 is 10.6. The fourth-order valence-corrected chi connectivity index (χ4v) is 1.65. The largest absolute Gasteiger partial charge is 0.488 e. The number of benzene rings is 1. The lowest BCUT2D eigenvalue weighted by Gasteiger charge is -2.16. The Morgan fingerprint density at radius 3 is 2.82 bits per heavy atom. The molecule has 1 aromatic rings. The lowest BCUT2D eigenvalue weighted by atomic mass is 10.3. The maximum Gasteiger partial charge on any atom is 0.139 e. The first-order valence-corrected chi connectivity index (χ1v) is 6.21. The van der Waals surface area contributed by atoms with Gasteiger partial charge in [-0.15, -0.1) is 0 Å². The van der Waals surface area contributed by atoms with Crippen LogP contribution >= 0.6 is 23.2 Å². The van der Waals surface area contributed by atoms with Crippen LogP contribution in [-0.4, -0.2) is 32.9 Å². The number of halogens is 2. The molecule has 1 unspecified atom stereocenters. The van der Waals surface area contributed by atoms with Crippen molar-refractivity contribution in [3.63, 3.8) is 0 Å². The summed E-state index contributed by atoms with van der Waals surface area (Å²) in [6.07, 6.45) is 0.0165. The summed E-state index contributed by atoms with van der Waals surface area (Å²) in [7, 11) is 1.67. The SMILES string of the molecule is COCCNCC(C)Oc1cccc(Cl)c1Cl. The van der Waals surface area contributed by atoms with Gasteiger partial charge >= 0.3 is 0 Å². The summed E-state index contributed by atoms with van der Waals surface area (Å²) in [5, 5.41) is 4.17. The Kier molecular flexibility index (Phi) is 6.66. The molecule has 0 saturated carbocycles. The number of rotatable bonds is 7. The highest BCUT2D eigenvalue weighted by Crippen LogP contribution is 2.31. The molecule has 0 saturated heterocycles. The fraction of sp³-hybridized carbons (Fsp3) is 0.500. The molecule has 0 bridgehead atoms. The van der Waals surface area contributed by atoms with Crippen LogP contribution in [0, 0.1) is 0 Å². The van der Waals surface area contributed by atoms with Gasteiger partial charge in [-0.05, 0) is 19.1 Å².